The zero-order chi connectivity index (χ0) is 27.6. The molecule has 2 aliphatic heterocycles. The van der Waals surface area contributed by atoms with Crippen LogP contribution >= 0.6 is 0 Å². The predicted molar refractivity (Wildman–Crippen MR) is 139 cm³/mol. The number of carbonyl (C=O) groups is 1. The van der Waals surface area contributed by atoms with E-state index in [1.54, 1.807) is 21.8 Å². The number of aryl methyl sites for hydroxylation is 1. The SMILES string of the molecule is CCn1cc(-c2ccc(Nc3ncnc(OC4C5COCC56CN(C(=O)OC5(C)CC5)CC46)c3F)c(F)c2)cn1. The molecule has 2 saturated carbocycles. The molecule has 4 atom stereocenters. The van der Waals surface area contributed by atoms with Crippen molar-refractivity contribution < 1.29 is 27.8 Å². The van der Waals surface area contributed by atoms with Gasteiger partial charge in [0, 0.05) is 48.6 Å². The van der Waals surface area contributed by atoms with Crippen LogP contribution in [0.4, 0.5) is 25.1 Å². The van der Waals surface area contributed by atoms with Crippen LogP contribution in [0.25, 0.3) is 11.1 Å². The minimum absolute atomic E-state index is 0.000334. The summed E-state index contributed by atoms with van der Waals surface area (Å²) in [5, 5.41) is 6.95. The summed E-state index contributed by atoms with van der Waals surface area (Å²) >= 11 is 0. The summed E-state index contributed by atoms with van der Waals surface area (Å²) in [6, 6.07) is 4.62. The number of halogens is 2. The van der Waals surface area contributed by atoms with Crippen molar-refractivity contribution in [1.29, 1.82) is 0 Å². The zero-order valence-corrected chi connectivity index (χ0v) is 22.3. The van der Waals surface area contributed by atoms with E-state index in [1.807, 2.05) is 20.0 Å². The highest BCUT2D eigenvalue weighted by Crippen LogP contribution is 2.60. The number of anilines is 2. The first-order chi connectivity index (χ1) is 19.3. The minimum atomic E-state index is -0.817. The zero-order valence-electron chi connectivity index (χ0n) is 22.3. The molecule has 0 radical (unpaired) electrons. The standard InChI is InChI=1S/C28H30F2N6O4/c1-3-36-10-17(9-33-36)16-4-5-21(20(29)8-16)34-24-22(30)25(32-15-31-24)39-23-18-11-35(26(37)40-27(2)6-7-27)13-28(18)14-38-12-19(23)28/h4-5,8-10,15,18-19,23H,3,6-7,11-14H2,1-2H3,(H,31,32,34). The van der Waals surface area contributed by atoms with Crippen LogP contribution in [0.1, 0.15) is 26.7 Å². The fourth-order valence-corrected chi connectivity index (χ4v) is 6.28. The normalized spacial score (nSPS) is 27.5. The van der Waals surface area contributed by atoms with Crippen LogP contribution in [-0.2, 0) is 16.0 Å². The van der Waals surface area contributed by atoms with Gasteiger partial charge < -0.3 is 24.4 Å². The number of ether oxygens (including phenoxy) is 3. The first-order valence-corrected chi connectivity index (χ1v) is 13.6. The molecule has 1 spiro atoms. The van der Waals surface area contributed by atoms with E-state index in [0.717, 1.165) is 18.4 Å². The number of amides is 1. The smallest absolute Gasteiger partial charge is 0.410 e. The Kier molecular flexibility index (Phi) is 5.74. The number of nitrogens with one attached hydrogen (secondary N) is 1. The van der Waals surface area contributed by atoms with Gasteiger partial charge in [0.05, 0.1) is 25.1 Å². The Hall–Kier alpha value is -3.80. The Morgan fingerprint density at radius 2 is 2.08 bits per heavy atom. The maximum absolute atomic E-state index is 15.5. The van der Waals surface area contributed by atoms with Crippen molar-refractivity contribution in [2.45, 2.75) is 44.9 Å². The highest BCUT2D eigenvalue weighted by molar-refractivity contribution is 5.70. The van der Waals surface area contributed by atoms with Crippen molar-refractivity contribution >= 4 is 17.6 Å². The second kappa shape index (κ2) is 9.12. The third kappa shape index (κ3) is 4.07. The van der Waals surface area contributed by atoms with E-state index < -0.39 is 11.6 Å². The van der Waals surface area contributed by atoms with Gasteiger partial charge in [-0.1, -0.05) is 6.07 Å². The summed E-state index contributed by atoms with van der Waals surface area (Å²) in [6.07, 6.45) is 5.73. The first-order valence-electron chi connectivity index (χ1n) is 13.6. The monoisotopic (exact) mass is 552 g/mol. The molecule has 1 aromatic carbocycles. The lowest BCUT2D eigenvalue weighted by Gasteiger charge is -2.51. The fourth-order valence-electron chi connectivity index (χ4n) is 6.28. The lowest BCUT2D eigenvalue weighted by atomic mass is 9.54. The number of carbonyl (C=O) groups excluding carboxylic acids is 1. The second-order valence-corrected chi connectivity index (χ2v) is 11.5. The van der Waals surface area contributed by atoms with Gasteiger partial charge in [-0.3, -0.25) is 4.68 Å². The quantitative estimate of drug-likeness (QED) is 0.460. The summed E-state index contributed by atoms with van der Waals surface area (Å²) in [4.78, 5) is 22.5. The molecule has 2 saturated heterocycles. The molecule has 1 amide bonds. The van der Waals surface area contributed by atoms with Crippen molar-refractivity contribution in [1.82, 2.24) is 24.6 Å². The van der Waals surface area contributed by atoms with Crippen molar-refractivity contribution in [2.24, 2.45) is 17.3 Å². The van der Waals surface area contributed by atoms with Gasteiger partial charge in [0.2, 0.25) is 5.82 Å². The van der Waals surface area contributed by atoms with Crippen LogP contribution < -0.4 is 10.1 Å². The molecule has 3 aromatic rings. The molecular formula is C28H30F2N6O4. The summed E-state index contributed by atoms with van der Waals surface area (Å²) in [6.45, 7) is 6.59. The van der Waals surface area contributed by atoms with E-state index in [9.17, 15) is 9.18 Å². The van der Waals surface area contributed by atoms with Gasteiger partial charge in [-0.25, -0.2) is 14.2 Å². The van der Waals surface area contributed by atoms with Gasteiger partial charge in [-0.2, -0.15) is 14.5 Å². The molecule has 4 heterocycles. The van der Waals surface area contributed by atoms with Crippen LogP contribution in [0.2, 0.25) is 0 Å². The number of likely N-dealkylation sites (tertiary alicyclic amines) is 1. The summed E-state index contributed by atoms with van der Waals surface area (Å²) in [7, 11) is 0. The van der Waals surface area contributed by atoms with Gasteiger partial charge >= 0.3 is 6.09 Å². The van der Waals surface area contributed by atoms with Gasteiger partial charge in [0.15, 0.2) is 5.82 Å². The molecule has 0 bridgehead atoms. The molecule has 2 aromatic heterocycles. The van der Waals surface area contributed by atoms with Crippen LogP contribution in [0.3, 0.4) is 0 Å². The van der Waals surface area contributed by atoms with Crippen molar-refractivity contribution in [3.05, 3.63) is 48.6 Å². The third-order valence-electron chi connectivity index (χ3n) is 8.90. The second-order valence-electron chi connectivity index (χ2n) is 11.5. The van der Waals surface area contributed by atoms with Crippen molar-refractivity contribution in [2.75, 3.05) is 31.6 Å². The Morgan fingerprint density at radius 3 is 2.83 bits per heavy atom. The van der Waals surface area contributed by atoms with Gasteiger partial charge in [-0.15, -0.1) is 0 Å². The van der Waals surface area contributed by atoms with E-state index in [0.29, 0.717) is 38.4 Å². The number of benzene rings is 1. The van der Waals surface area contributed by atoms with E-state index in [2.05, 4.69) is 20.4 Å². The van der Waals surface area contributed by atoms with Crippen LogP contribution in [0.5, 0.6) is 5.88 Å². The number of rotatable bonds is 7. The Balaban J connectivity index is 1.06. The molecule has 7 rings (SSSR count). The summed E-state index contributed by atoms with van der Waals surface area (Å²) < 4.78 is 49.8. The van der Waals surface area contributed by atoms with E-state index in [-0.39, 0.29) is 52.4 Å². The molecule has 12 heteroatoms. The molecule has 40 heavy (non-hydrogen) atoms. The van der Waals surface area contributed by atoms with Gasteiger partial charge in [-0.05, 0) is 44.4 Å². The molecule has 10 nitrogen and oxygen atoms in total. The summed E-state index contributed by atoms with van der Waals surface area (Å²) in [5.41, 5.74) is 0.920. The molecule has 4 fully saturated rings. The van der Waals surface area contributed by atoms with Crippen LogP contribution in [0.15, 0.2) is 36.9 Å². The molecule has 2 aliphatic carbocycles. The van der Waals surface area contributed by atoms with Gasteiger partial charge in [0.25, 0.3) is 5.88 Å². The number of nitrogens with zero attached hydrogens (tertiary/aromatic N) is 5. The number of aromatic nitrogens is 4. The number of hydrogen-bond acceptors (Lipinski definition) is 8. The van der Waals surface area contributed by atoms with E-state index in [4.69, 9.17) is 14.2 Å². The maximum atomic E-state index is 15.5. The Bertz CT molecular complexity index is 1480. The highest BCUT2D eigenvalue weighted by atomic mass is 19.1. The average Bonchev–Trinajstić information content (AvgIpc) is 3.29. The molecule has 210 valence electrons. The molecule has 4 unspecified atom stereocenters. The highest BCUT2D eigenvalue weighted by Gasteiger charge is 2.70. The summed E-state index contributed by atoms with van der Waals surface area (Å²) in [5.74, 6) is -1.83. The molecule has 1 N–H and O–H groups in total. The minimum Gasteiger partial charge on any atom is -0.471 e. The molecule has 4 aliphatic rings. The van der Waals surface area contributed by atoms with E-state index >= 15 is 4.39 Å². The Labute approximate surface area is 229 Å². The number of hydrogen-bond donors (Lipinski definition) is 1. The van der Waals surface area contributed by atoms with Crippen LogP contribution in [0, 0.1) is 28.9 Å². The first kappa shape index (κ1) is 25.2. The third-order valence-corrected chi connectivity index (χ3v) is 8.90. The van der Waals surface area contributed by atoms with Crippen LogP contribution in [-0.4, -0.2) is 68.7 Å². The Morgan fingerprint density at radius 1 is 1.23 bits per heavy atom. The molecular weight excluding hydrogens is 522 g/mol. The maximum Gasteiger partial charge on any atom is 0.410 e. The fraction of sp³-hybridized carbons (Fsp3) is 0.500. The van der Waals surface area contributed by atoms with E-state index in [1.165, 1.54) is 18.5 Å². The predicted octanol–water partition coefficient (Wildman–Crippen LogP) is 4.40. The largest absolute Gasteiger partial charge is 0.471 e. The topological polar surface area (TPSA) is 104 Å². The van der Waals surface area contributed by atoms with Crippen molar-refractivity contribution in [3.63, 3.8) is 0 Å². The lowest BCUT2D eigenvalue weighted by Crippen LogP contribution is -2.61. The average molecular weight is 553 g/mol. The lowest BCUT2D eigenvalue weighted by molar-refractivity contribution is -0.103. The van der Waals surface area contributed by atoms with Crippen molar-refractivity contribution in [3.8, 4) is 17.0 Å². The van der Waals surface area contributed by atoms with Gasteiger partial charge in [0.1, 0.15) is 23.8 Å².